The molecule has 0 spiro atoms. The van der Waals surface area contributed by atoms with Crippen LogP contribution in [0, 0.1) is 5.92 Å². The number of hydrogen-bond acceptors (Lipinski definition) is 2. The summed E-state index contributed by atoms with van der Waals surface area (Å²) in [5, 5.41) is 0. The molecule has 0 aromatic carbocycles. The molecule has 1 unspecified atom stereocenters. The molecule has 0 aliphatic heterocycles. The van der Waals surface area contributed by atoms with Crippen LogP contribution in [0.1, 0.15) is 51.9 Å². The molecule has 0 bridgehead atoms. The van der Waals surface area contributed by atoms with E-state index >= 15 is 0 Å². The van der Waals surface area contributed by atoms with Gasteiger partial charge in [-0.05, 0) is 25.2 Å². The fraction of sp³-hybridized carbons (Fsp3) is 1.00. The van der Waals surface area contributed by atoms with Crippen LogP contribution >= 0.6 is 0 Å². The Morgan fingerprint density at radius 2 is 2.17 bits per heavy atom. The molecule has 72 valence electrons. The van der Waals surface area contributed by atoms with Crippen molar-refractivity contribution in [2.45, 2.75) is 57.9 Å². The highest BCUT2D eigenvalue weighted by atomic mass is 15.2. The van der Waals surface area contributed by atoms with Gasteiger partial charge in [-0.25, -0.2) is 0 Å². The lowest BCUT2D eigenvalue weighted by Crippen LogP contribution is -2.43. The maximum Gasteiger partial charge on any atom is 0.0238 e. The molecule has 12 heavy (non-hydrogen) atoms. The molecule has 1 rings (SSSR count). The van der Waals surface area contributed by atoms with Crippen LogP contribution in [0.5, 0.6) is 0 Å². The average Bonchev–Trinajstić information content (AvgIpc) is 1.99. The molecule has 3 N–H and O–H groups in total. The van der Waals surface area contributed by atoms with Gasteiger partial charge in [0.1, 0.15) is 0 Å². The maximum atomic E-state index is 5.52. The van der Waals surface area contributed by atoms with Crippen molar-refractivity contribution in [3.05, 3.63) is 0 Å². The van der Waals surface area contributed by atoms with E-state index in [0.29, 0.717) is 6.04 Å². The SMILES string of the molecule is CCCCCC(NN)C1CCC1. The zero-order valence-corrected chi connectivity index (χ0v) is 8.18. The molecular formula is C10H22N2. The van der Waals surface area contributed by atoms with Crippen molar-refractivity contribution in [1.29, 1.82) is 0 Å². The minimum Gasteiger partial charge on any atom is -0.271 e. The highest BCUT2D eigenvalue weighted by Crippen LogP contribution is 2.31. The second kappa shape index (κ2) is 5.55. The van der Waals surface area contributed by atoms with E-state index in [2.05, 4.69) is 12.3 Å². The van der Waals surface area contributed by atoms with E-state index in [0.717, 1.165) is 5.92 Å². The van der Waals surface area contributed by atoms with Crippen molar-refractivity contribution in [2.24, 2.45) is 11.8 Å². The van der Waals surface area contributed by atoms with Crippen LogP contribution in [0.25, 0.3) is 0 Å². The molecule has 1 aliphatic rings. The molecular weight excluding hydrogens is 148 g/mol. The molecule has 1 fully saturated rings. The summed E-state index contributed by atoms with van der Waals surface area (Å²) in [6.45, 7) is 2.24. The molecule has 1 saturated carbocycles. The Labute approximate surface area is 75.9 Å². The predicted molar refractivity (Wildman–Crippen MR) is 52.6 cm³/mol. The van der Waals surface area contributed by atoms with E-state index in [1.54, 1.807) is 0 Å². The summed E-state index contributed by atoms with van der Waals surface area (Å²) in [4.78, 5) is 0. The summed E-state index contributed by atoms with van der Waals surface area (Å²) in [7, 11) is 0. The summed E-state index contributed by atoms with van der Waals surface area (Å²) in [5.41, 5.74) is 2.96. The first-order chi connectivity index (χ1) is 5.88. The van der Waals surface area contributed by atoms with Crippen molar-refractivity contribution in [3.63, 3.8) is 0 Å². The number of unbranched alkanes of at least 4 members (excludes halogenated alkanes) is 2. The van der Waals surface area contributed by atoms with Gasteiger partial charge >= 0.3 is 0 Å². The van der Waals surface area contributed by atoms with Crippen LogP contribution in [0.2, 0.25) is 0 Å². The van der Waals surface area contributed by atoms with Crippen molar-refractivity contribution in [1.82, 2.24) is 5.43 Å². The van der Waals surface area contributed by atoms with Crippen LogP contribution in [-0.4, -0.2) is 6.04 Å². The Morgan fingerprint density at radius 3 is 2.58 bits per heavy atom. The van der Waals surface area contributed by atoms with Gasteiger partial charge in [-0.2, -0.15) is 0 Å². The zero-order chi connectivity index (χ0) is 8.81. The first-order valence-electron chi connectivity index (χ1n) is 5.34. The van der Waals surface area contributed by atoms with Crippen LogP contribution < -0.4 is 11.3 Å². The zero-order valence-electron chi connectivity index (χ0n) is 8.18. The van der Waals surface area contributed by atoms with Crippen LogP contribution in [-0.2, 0) is 0 Å². The third-order valence-corrected chi connectivity index (χ3v) is 3.05. The molecule has 0 aromatic rings. The largest absolute Gasteiger partial charge is 0.271 e. The Morgan fingerprint density at radius 1 is 1.42 bits per heavy atom. The number of nitrogens with one attached hydrogen (secondary N) is 1. The second-order valence-corrected chi connectivity index (χ2v) is 3.96. The number of nitrogens with two attached hydrogens (primary N) is 1. The van der Waals surface area contributed by atoms with E-state index in [-0.39, 0.29) is 0 Å². The average molecular weight is 170 g/mol. The van der Waals surface area contributed by atoms with Gasteiger partial charge in [0, 0.05) is 6.04 Å². The third-order valence-electron chi connectivity index (χ3n) is 3.05. The van der Waals surface area contributed by atoms with Gasteiger partial charge in [0.05, 0.1) is 0 Å². The lowest BCUT2D eigenvalue weighted by molar-refractivity contribution is 0.217. The fourth-order valence-corrected chi connectivity index (χ4v) is 1.91. The fourth-order valence-electron chi connectivity index (χ4n) is 1.91. The minimum atomic E-state index is 0.602. The molecule has 2 heteroatoms. The van der Waals surface area contributed by atoms with E-state index in [1.807, 2.05) is 0 Å². The topological polar surface area (TPSA) is 38.0 Å². The lowest BCUT2D eigenvalue weighted by atomic mass is 9.78. The third kappa shape index (κ3) is 2.76. The van der Waals surface area contributed by atoms with Gasteiger partial charge in [0.2, 0.25) is 0 Å². The minimum absolute atomic E-state index is 0.602. The van der Waals surface area contributed by atoms with Crippen LogP contribution in [0.3, 0.4) is 0 Å². The monoisotopic (exact) mass is 170 g/mol. The summed E-state index contributed by atoms with van der Waals surface area (Å²) in [5.74, 6) is 6.40. The highest BCUT2D eigenvalue weighted by molar-refractivity contribution is 4.80. The Hall–Kier alpha value is -0.0800. The number of rotatable bonds is 6. The molecule has 2 nitrogen and oxygen atoms in total. The molecule has 0 saturated heterocycles. The van der Waals surface area contributed by atoms with E-state index in [4.69, 9.17) is 5.84 Å². The first-order valence-corrected chi connectivity index (χ1v) is 5.34. The van der Waals surface area contributed by atoms with E-state index in [1.165, 1.54) is 44.9 Å². The Bertz CT molecular complexity index is 110. The normalized spacial score (nSPS) is 20.5. The van der Waals surface area contributed by atoms with E-state index in [9.17, 15) is 0 Å². The summed E-state index contributed by atoms with van der Waals surface area (Å²) >= 11 is 0. The van der Waals surface area contributed by atoms with Gasteiger partial charge in [0.25, 0.3) is 0 Å². The van der Waals surface area contributed by atoms with Crippen molar-refractivity contribution in [3.8, 4) is 0 Å². The van der Waals surface area contributed by atoms with Gasteiger partial charge < -0.3 is 0 Å². The van der Waals surface area contributed by atoms with Crippen LogP contribution in [0.15, 0.2) is 0 Å². The summed E-state index contributed by atoms with van der Waals surface area (Å²) < 4.78 is 0. The molecule has 0 aromatic heterocycles. The van der Waals surface area contributed by atoms with Gasteiger partial charge in [-0.15, -0.1) is 0 Å². The summed E-state index contributed by atoms with van der Waals surface area (Å²) in [6.07, 6.45) is 9.46. The van der Waals surface area contributed by atoms with E-state index < -0.39 is 0 Å². The smallest absolute Gasteiger partial charge is 0.0238 e. The number of hydrazine groups is 1. The van der Waals surface area contributed by atoms with Crippen molar-refractivity contribution < 1.29 is 0 Å². The molecule has 1 aliphatic carbocycles. The Kier molecular flexibility index (Phi) is 4.62. The first kappa shape index (κ1) is 10.0. The summed E-state index contributed by atoms with van der Waals surface area (Å²) in [6, 6.07) is 0.602. The maximum absolute atomic E-state index is 5.52. The Balaban J connectivity index is 2.07. The number of hydrogen-bond donors (Lipinski definition) is 2. The standard InChI is InChI=1S/C10H22N2/c1-2-3-4-8-10(12-11)9-6-5-7-9/h9-10,12H,2-8,11H2,1H3. The quantitative estimate of drug-likeness (QED) is 0.364. The molecule has 0 heterocycles. The molecule has 0 radical (unpaired) electrons. The van der Waals surface area contributed by atoms with Gasteiger partial charge in [-0.1, -0.05) is 32.6 Å². The molecule has 0 amide bonds. The lowest BCUT2D eigenvalue weighted by Gasteiger charge is -2.33. The van der Waals surface area contributed by atoms with Crippen molar-refractivity contribution >= 4 is 0 Å². The van der Waals surface area contributed by atoms with Gasteiger partial charge in [0.15, 0.2) is 0 Å². The highest BCUT2D eigenvalue weighted by Gasteiger charge is 2.25. The van der Waals surface area contributed by atoms with Gasteiger partial charge in [-0.3, -0.25) is 11.3 Å². The van der Waals surface area contributed by atoms with Crippen molar-refractivity contribution in [2.75, 3.05) is 0 Å². The predicted octanol–water partition coefficient (Wildman–Crippen LogP) is 2.20. The van der Waals surface area contributed by atoms with Crippen LogP contribution in [0.4, 0.5) is 0 Å². The molecule has 1 atom stereocenters. The second-order valence-electron chi connectivity index (χ2n) is 3.96.